The molecule has 0 spiro atoms. The highest BCUT2D eigenvalue weighted by molar-refractivity contribution is 7.10. The molecule has 0 atom stereocenters. The first-order valence-corrected chi connectivity index (χ1v) is 7.24. The van der Waals surface area contributed by atoms with Gasteiger partial charge in [-0.05, 0) is 22.2 Å². The molecule has 2 aromatic heterocycles. The van der Waals surface area contributed by atoms with E-state index in [0.29, 0.717) is 13.0 Å². The minimum absolute atomic E-state index is 0.252. The first-order chi connectivity index (χ1) is 8.79. The Bertz CT molecular complexity index is 458. The summed E-state index contributed by atoms with van der Waals surface area (Å²) in [5, 5.41) is 6.07. The van der Waals surface area contributed by atoms with E-state index in [2.05, 4.69) is 11.8 Å². The molecule has 0 saturated carbocycles. The number of esters is 1. The molecule has 0 aromatic carbocycles. The lowest BCUT2D eigenvalue weighted by atomic mass is 10.4. The average molecular weight is 278 g/mol. The SMILES string of the molecule is CC(=O)OCCC#Cc1cccs1.c1ccsc1. The molecule has 0 aliphatic rings. The second kappa shape index (κ2) is 9.46. The average Bonchev–Trinajstić information content (AvgIpc) is 3.04. The summed E-state index contributed by atoms with van der Waals surface area (Å²) in [5.74, 6) is 5.65. The van der Waals surface area contributed by atoms with Gasteiger partial charge in [-0.1, -0.05) is 30.0 Å². The Labute approximate surface area is 115 Å². The van der Waals surface area contributed by atoms with Gasteiger partial charge in [0.2, 0.25) is 0 Å². The van der Waals surface area contributed by atoms with Crippen LogP contribution in [0.2, 0.25) is 0 Å². The molecule has 0 fully saturated rings. The fraction of sp³-hybridized carbons (Fsp3) is 0.214. The van der Waals surface area contributed by atoms with Gasteiger partial charge in [-0.15, -0.1) is 11.3 Å². The highest BCUT2D eigenvalue weighted by Crippen LogP contribution is 2.05. The molecular weight excluding hydrogens is 264 g/mol. The lowest BCUT2D eigenvalue weighted by Crippen LogP contribution is -1.98. The molecule has 2 rings (SSSR count). The lowest BCUT2D eigenvalue weighted by molar-refractivity contribution is -0.140. The number of carbonyl (C=O) groups excluding carboxylic acids is 1. The Balaban J connectivity index is 0.000000269. The Morgan fingerprint density at radius 1 is 1.28 bits per heavy atom. The van der Waals surface area contributed by atoms with Crippen molar-refractivity contribution in [1.82, 2.24) is 0 Å². The third-order valence-electron chi connectivity index (χ3n) is 1.69. The van der Waals surface area contributed by atoms with E-state index in [1.807, 2.05) is 40.4 Å². The van der Waals surface area contributed by atoms with Crippen molar-refractivity contribution in [3.05, 3.63) is 45.3 Å². The summed E-state index contributed by atoms with van der Waals surface area (Å²) in [6.07, 6.45) is 0.595. The van der Waals surface area contributed by atoms with Gasteiger partial charge in [0.1, 0.15) is 6.61 Å². The molecule has 94 valence electrons. The highest BCUT2D eigenvalue weighted by Gasteiger charge is 1.89. The summed E-state index contributed by atoms with van der Waals surface area (Å²) in [6.45, 7) is 1.78. The number of ether oxygens (including phenoxy) is 1. The normalized spacial score (nSPS) is 8.50. The Hall–Kier alpha value is -1.57. The van der Waals surface area contributed by atoms with Crippen LogP contribution < -0.4 is 0 Å². The quantitative estimate of drug-likeness (QED) is 0.474. The lowest BCUT2D eigenvalue weighted by Gasteiger charge is -1.94. The van der Waals surface area contributed by atoms with E-state index in [1.165, 1.54) is 6.92 Å². The summed E-state index contributed by atoms with van der Waals surface area (Å²) < 4.78 is 4.72. The van der Waals surface area contributed by atoms with Crippen molar-refractivity contribution in [1.29, 1.82) is 0 Å². The van der Waals surface area contributed by atoms with Crippen molar-refractivity contribution in [2.24, 2.45) is 0 Å². The highest BCUT2D eigenvalue weighted by atomic mass is 32.1. The van der Waals surface area contributed by atoms with Gasteiger partial charge in [0.25, 0.3) is 0 Å². The van der Waals surface area contributed by atoms with Crippen molar-refractivity contribution < 1.29 is 9.53 Å². The molecule has 2 nitrogen and oxygen atoms in total. The van der Waals surface area contributed by atoms with E-state index >= 15 is 0 Å². The van der Waals surface area contributed by atoms with Gasteiger partial charge in [0, 0.05) is 13.3 Å². The van der Waals surface area contributed by atoms with Crippen LogP contribution in [0.4, 0.5) is 0 Å². The standard InChI is InChI=1S/C10H10O2S.C4H4S/c1-9(11)12-7-3-2-5-10-6-4-8-13-10;1-2-4-5-3-1/h4,6,8H,3,7H2,1H3;1-4H. The number of hydrogen-bond donors (Lipinski definition) is 0. The zero-order valence-electron chi connectivity index (χ0n) is 10.1. The van der Waals surface area contributed by atoms with Crippen LogP contribution in [-0.2, 0) is 9.53 Å². The molecule has 0 saturated heterocycles. The fourth-order valence-electron chi connectivity index (χ4n) is 0.972. The van der Waals surface area contributed by atoms with Gasteiger partial charge in [-0.25, -0.2) is 0 Å². The summed E-state index contributed by atoms with van der Waals surface area (Å²) in [7, 11) is 0. The predicted octanol–water partition coefficient (Wildman–Crippen LogP) is 3.80. The van der Waals surface area contributed by atoms with Crippen LogP contribution in [0.5, 0.6) is 0 Å². The maximum Gasteiger partial charge on any atom is 0.302 e. The molecule has 0 amide bonds. The molecule has 0 aliphatic heterocycles. The van der Waals surface area contributed by atoms with E-state index in [1.54, 1.807) is 22.7 Å². The molecule has 4 heteroatoms. The van der Waals surface area contributed by atoms with Crippen molar-refractivity contribution >= 4 is 28.6 Å². The second-order valence-electron chi connectivity index (χ2n) is 3.16. The van der Waals surface area contributed by atoms with Crippen LogP contribution in [0.3, 0.4) is 0 Å². The number of thiophene rings is 2. The van der Waals surface area contributed by atoms with Gasteiger partial charge < -0.3 is 4.74 Å². The number of carbonyl (C=O) groups is 1. The molecule has 2 heterocycles. The molecule has 18 heavy (non-hydrogen) atoms. The van der Waals surface area contributed by atoms with E-state index in [4.69, 9.17) is 4.74 Å². The predicted molar refractivity (Wildman–Crippen MR) is 76.8 cm³/mol. The maximum atomic E-state index is 10.4. The zero-order valence-corrected chi connectivity index (χ0v) is 11.7. The summed E-state index contributed by atoms with van der Waals surface area (Å²) >= 11 is 3.32. The minimum Gasteiger partial charge on any atom is -0.465 e. The molecule has 2 aromatic rings. The molecule has 0 unspecified atom stereocenters. The number of rotatable bonds is 2. The Morgan fingerprint density at radius 2 is 2.06 bits per heavy atom. The van der Waals surface area contributed by atoms with Crippen molar-refractivity contribution in [2.45, 2.75) is 13.3 Å². The monoisotopic (exact) mass is 278 g/mol. The first-order valence-electron chi connectivity index (χ1n) is 5.42. The summed E-state index contributed by atoms with van der Waals surface area (Å²) in [5.41, 5.74) is 0. The van der Waals surface area contributed by atoms with Crippen molar-refractivity contribution in [3.63, 3.8) is 0 Å². The molecule has 0 N–H and O–H groups in total. The largest absolute Gasteiger partial charge is 0.465 e. The van der Waals surface area contributed by atoms with Gasteiger partial charge in [-0.3, -0.25) is 4.79 Å². The van der Waals surface area contributed by atoms with Crippen LogP contribution >= 0.6 is 22.7 Å². The smallest absolute Gasteiger partial charge is 0.302 e. The Morgan fingerprint density at radius 3 is 2.56 bits per heavy atom. The van der Waals surface area contributed by atoms with Crippen LogP contribution in [0.15, 0.2) is 40.4 Å². The van der Waals surface area contributed by atoms with E-state index in [-0.39, 0.29) is 5.97 Å². The Kier molecular flexibility index (Phi) is 7.61. The van der Waals surface area contributed by atoms with Crippen LogP contribution in [0.1, 0.15) is 18.2 Å². The van der Waals surface area contributed by atoms with Crippen LogP contribution in [0, 0.1) is 11.8 Å². The molecular formula is C14H14O2S2. The molecule has 0 radical (unpaired) electrons. The van der Waals surface area contributed by atoms with Crippen molar-refractivity contribution in [3.8, 4) is 11.8 Å². The zero-order chi connectivity index (χ0) is 13.1. The number of hydrogen-bond acceptors (Lipinski definition) is 4. The van der Waals surface area contributed by atoms with Crippen LogP contribution in [0.25, 0.3) is 0 Å². The van der Waals surface area contributed by atoms with Gasteiger partial charge in [0.15, 0.2) is 0 Å². The molecule has 0 bridgehead atoms. The topological polar surface area (TPSA) is 26.3 Å². The summed E-state index contributed by atoms with van der Waals surface area (Å²) in [4.78, 5) is 11.4. The first kappa shape index (κ1) is 14.5. The van der Waals surface area contributed by atoms with Gasteiger partial charge >= 0.3 is 5.97 Å². The van der Waals surface area contributed by atoms with E-state index in [0.717, 1.165) is 4.88 Å². The maximum absolute atomic E-state index is 10.4. The van der Waals surface area contributed by atoms with Crippen LogP contribution in [-0.4, -0.2) is 12.6 Å². The third kappa shape index (κ3) is 7.66. The van der Waals surface area contributed by atoms with Gasteiger partial charge in [-0.2, -0.15) is 11.3 Å². The van der Waals surface area contributed by atoms with Crippen molar-refractivity contribution in [2.75, 3.05) is 6.61 Å². The molecule has 0 aliphatic carbocycles. The fourth-order valence-corrected chi connectivity index (χ4v) is 2.02. The third-order valence-corrected chi connectivity index (χ3v) is 3.10. The van der Waals surface area contributed by atoms with Gasteiger partial charge in [0.05, 0.1) is 4.88 Å². The second-order valence-corrected chi connectivity index (χ2v) is 4.93. The minimum atomic E-state index is -0.252. The van der Waals surface area contributed by atoms with E-state index < -0.39 is 0 Å². The summed E-state index contributed by atoms with van der Waals surface area (Å²) in [6, 6.07) is 7.96. The van der Waals surface area contributed by atoms with E-state index in [9.17, 15) is 4.79 Å².